The molecule has 0 unspecified atom stereocenters. The van der Waals surface area contributed by atoms with Crippen LogP contribution in [0.25, 0.3) is 16.8 Å². The van der Waals surface area contributed by atoms with Crippen LogP contribution in [-0.2, 0) is 0 Å². The van der Waals surface area contributed by atoms with E-state index in [0.717, 1.165) is 55.3 Å². The molecule has 2 fully saturated rings. The predicted octanol–water partition coefficient (Wildman–Crippen LogP) is 6.01. The molecule has 1 aliphatic heterocycles. The van der Waals surface area contributed by atoms with Gasteiger partial charge in [-0.3, -0.25) is 4.98 Å². The molecule has 0 N–H and O–H groups in total. The van der Waals surface area contributed by atoms with Crippen LogP contribution in [0.15, 0.2) is 41.2 Å². The van der Waals surface area contributed by atoms with Crippen molar-refractivity contribution in [3.8, 4) is 11.3 Å². The maximum atomic E-state index is 5.99. The van der Waals surface area contributed by atoms with Crippen molar-refractivity contribution in [3.63, 3.8) is 0 Å². The van der Waals surface area contributed by atoms with Crippen molar-refractivity contribution in [1.82, 2.24) is 15.1 Å². The topological polar surface area (TPSA) is 55.1 Å². The van der Waals surface area contributed by atoms with E-state index < -0.39 is 0 Å². The molecular formula is C27H30N4O. The van der Waals surface area contributed by atoms with E-state index in [-0.39, 0.29) is 0 Å². The second-order valence-corrected chi connectivity index (χ2v) is 10.0. The summed E-state index contributed by atoms with van der Waals surface area (Å²) < 4.78 is 5.99. The molecular weight excluding hydrogens is 396 g/mol. The lowest BCUT2D eigenvalue weighted by atomic mass is 9.63. The Labute approximate surface area is 189 Å². The fraction of sp³-hybridized carbons (Fsp3) is 0.444. The summed E-state index contributed by atoms with van der Waals surface area (Å²) in [6.45, 7) is 8.40. The SMILES string of the molecule is Cc1cnc(N2CCC3(C=C(c4c(-c5c(C)cccc5C)noc4C4CC4)C3)CC2)cn1. The van der Waals surface area contributed by atoms with Gasteiger partial charge in [0.05, 0.1) is 18.1 Å². The molecule has 32 heavy (non-hydrogen) atoms. The van der Waals surface area contributed by atoms with Gasteiger partial charge in [-0.15, -0.1) is 0 Å². The van der Waals surface area contributed by atoms with Gasteiger partial charge in [-0.2, -0.15) is 0 Å². The Bertz CT molecular complexity index is 1170. The van der Waals surface area contributed by atoms with Crippen LogP contribution in [0.2, 0.25) is 0 Å². The van der Waals surface area contributed by atoms with Crippen molar-refractivity contribution in [3.05, 3.63) is 64.8 Å². The lowest BCUT2D eigenvalue weighted by Gasteiger charge is -2.46. The number of hydrogen-bond donors (Lipinski definition) is 0. The summed E-state index contributed by atoms with van der Waals surface area (Å²) in [6, 6.07) is 6.48. The number of anilines is 1. The molecule has 5 heteroatoms. The largest absolute Gasteiger partial charge is 0.360 e. The summed E-state index contributed by atoms with van der Waals surface area (Å²) in [7, 11) is 0. The maximum Gasteiger partial charge on any atom is 0.147 e. The molecule has 0 bridgehead atoms. The second-order valence-electron chi connectivity index (χ2n) is 10.0. The number of aromatic nitrogens is 3. The predicted molar refractivity (Wildman–Crippen MR) is 127 cm³/mol. The summed E-state index contributed by atoms with van der Waals surface area (Å²) in [5.41, 5.74) is 8.84. The van der Waals surface area contributed by atoms with Gasteiger partial charge in [0, 0.05) is 30.1 Å². The Morgan fingerprint density at radius 1 is 0.969 bits per heavy atom. The molecule has 2 aromatic heterocycles. The van der Waals surface area contributed by atoms with Gasteiger partial charge in [-0.1, -0.05) is 29.4 Å². The molecule has 1 aromatic carbocycles. The Morgan fingerprint density at radius 3 is 2.31 bits per heavy atom. The molecule has 1 saturated carbocycles. The molecule has 6 rings (SSSR count). The lowest BCUT2D eigenvalue weighted by molar-refractivity contribution is 0.276. The van der Waals surface area contributed by atoms with Crippen molar-refractivity contribution < 1.29 is 4.52 Å². The van der Waals surface area contributed by atoms with Gasteiger partial charge in [-0.05, 0) is 75.0 Å². The van der Waals surface area contributed by atoms with Gasteiger partial charge in [0.15, 0.2) is 0 Å². The van der Waals surface area contributed by atoms with E-state index in [1.807, 2.05) is 19.3 Å². The van der Waals surface area contributed by atoms with Gasteiger partial charge in [0.2, 0.25) is 0 Å². The molecule has 1 saturated heterocycles. The molecule has 3 aromatic rings. The van der Waals surface area contributed by atoms with Gasteiger partial charge >= 0.3 is 0 Å². The molecule has 0 radical (unpaired) electrons. The van der Waals surface area contributed by atoms with Crippen LogP contribution >= 0.6 is 0 Å². The number of nitrogens with zero attached hydrogens (tertiary/aromatic N) is 4. The highest BCUT2D eigenvalue weighted by molar-refractivity contribution is 5.86. The van der Waals surface area contributed by atoms with Crippen molar-refractivity contribution >= 4 is 11.4 Å². The first-order valence-electron chi connectivity index (χ1n) is 11.8. The van der Waals surface area contributed by atoms with E-state index in [1.165, 1.54) is 40.7 Å². The van der Waals surface area contributed by atoms with E-state index in [4.69, 9.17) is 4.52 Å². The van der Waals surface area contributed by atoms with Crippen LogP contribution in [0.1, 0.15) is 66.2 Å². The van der Waals surface area contributed by atoms with Crippen LogP contribution in [0, 0.1) is 26.2 Å². The monoisotopic (exact) mass is 426 g/mol. The average molecular weight is 427 g/mol. The minimum Gasteiger partial charge on any atom is -0.360 e. The minimum absolute atomic E-state index is 0.306. The second kappa shape index (κ2) is 7.29. The standard InChI is InChI=1S/C27H30N4O/c1-17-5-4-6-18(2)23(17)25-24(26(32-30-25)20-7-8-20)21-13-27(14-21)9-11-31(12-10-27)22-16-28-19(3)15-29-22/h4-6,13,15-16,20H,7-12,14H2,1-3H3. The average Bonchev–Trinajstić information content (AvgIpc) is 3.53. The number of benzene rings is 1. The zero-order valence-corrected chi connectivity index (χ0v) is 19.2. The van der Waals surface area contributed by atoms with Crippen LogP contribution in [0.5, 0.6) is 0 Å². The van der Waals surface area contributed by atoms with Crippen LogP contribution in [0.3, 0.4) is 0 Å². The summed E-state index contributed by atoms with van der Waals surface area (Å²) >= 11 is 0. The number of rotatable bonds is 4. The van der Waals surface area contributed by atoms with Gasteiger partial charge < -0.3 is 9.42 Å². The van der Waals surface area contributed by atoms with Crippen LogP contribution in [0.4, 0.5) is 5.82 Å². The van der Waals surface area contributed by atoms with E-state index in [0.29, 0.717) is 11.3 Å². The molecule has 164 valence electrons. The van der Waals surface area contributed by atoms with Crippen LogP contribution < -0.4 is 4.90 Å². The highest BCUT2D eigenvalue weighted by Gasteiger charge is 2.44. The van der Waals surface area contributed by atoms with E-state index in [2.05, 4.69) is 58.1 Å². The first-order valence-corrected chi connectivity index (χ1v) is 11.8. The highest BCUT2D eigenvalue weighted by atomic mass is 16.5. The zero-order chi connectivity index (χ0) is 21.9. The van der Waals surface area contributed by atoms with Crippen molar-refractivity contribution in [2.75, 3.05) is 18.0 Å². The van der Waals surface area contributed by atoms with E-state index >= 15 is 0 Å². The molecule has 3 aliphatic rings. The van der Waals surface area contributed by atoms with Crippen molar-refractivity contribution in [1.29, 1.82) is 0 Å². The number of piperidine rings is 1. The Hall–Kier alpha value is -2.95. The number of aryl methyl sites for hydroxylation is 3. The summed E-state index contributed by atoms with van der Waals surface area (Å²) in [6.07, 6.45) is 12.2. The quantitative estimate of drug-likeness (QED) is 0.511. The van der Waals surface area contributed by atoms with Crippen molar-refractivity contribution in [2.24, 2.45) is 5.41 Å². The number of hydrogen-bond acceptors (Lipinski definition) is 5. The molecule has 5 nitrogen and oxygen atoms in total. The fourth-order valence-electron chi connectivity index (χ4n) is 5.53. The molecule has 3 heterocycles. The smallest absolute Gasteiger partial charge is 0.147 e. The summed E-state index contributed by atoms with van der Waals surface area (Å²) in [5, 5.41) is 4.63. The number of allylic oxidation sites excluding steroid dienone is 2. The Balaban J connectivity index is 1.28. The summed E-state index contributed by atoms with van der Waals surface area (Å²) in [4.78, 5) is 11.4. The zero-order valence-electron chi connectivity index (χ0n) is 19.2. The molecule has 1 spiro atoms. The normalized spacial score (nSPS) is 19.7. The highest BCUT2D eigenvalue weighted by Crippen LogP contribution is 2.55. The lowest BCUT2D eigenvalue weighted by Crippen LogP contribution is -2.42. The van der Waals surface area contributed by atoms with Gasteiger partial charge in [-0.25, -0.2) is 4.98 Å². The van der Waals surface area contributed by atoms with Crippen molar-refractivity contribution in [2.45, 2.75) is 58.8 Å². The van der Waals surface area contributed by atoms with Crippen LogP contribution in [-0.4, -0.2) is 28.2 Å². The minimum atomic E-state index is 0.306. The van der Waals surface area contributed by atoms with Gasteiger partial charge in [0.1, 0.15) is 17.3 Å². The first kappa shape index (κ1) is 19.7. The fourth-order valence-corrected chi connectivity index (χ4v) is 5.53. The maximum absolute atomic E-state index is 5.99. The Morgan fingerprint density at radius 2 is 1.69 bits per heavy atom. The van der Waals surface area contributed by atoms with Gasteiger partial charge in [0.25, 0.3) is 0 Å². The molecule has 0 amide bonds. The van der Waals surface area contributed by atoms with E-state index in [9.17, 15) is 0 Å². The van der Waals surface area contributed by atoms with E-state index in [1.54, 1.807) is 0 Å². The third-order valence-electron chi connectivity index (χ3n) is 7.58. The third-order valence-corrected chi connectivity index (χ3v) is 7.58. The summed E-state index contributed by atoms with van der Waals surface area (Å²) in [5.74, 6) is 2.67. The first-order chi connectivity index (χ1) is 15.5. The molecule has 2 aliphatic carbocycles. The Kier molecular flexibility index (Phi) is 4.49. The molecule has 0 atom stereocenters. The third kappa shape index (κ3) is 3.26.